The molecule has 1 aromatic carbocycles. The molecule has 23 heavy (non-hydrogen) atoms. The third-order valence-electron chi connectivity index (χ3n) is 4.34. The summed E-state index contributed by atoms with van der Waals surface area (Å²) in [7, 11) is 1.63. The Kier molecular flexibility index (Phi) is 4.19. The molecule has 0 bridgehead atoms. The first-order valence-corrected chi connectivity index (χ1v) is 7.79. The minimum Gasteiger partial charge on any atom is -0.497 e. The van der Waals surface area contributed by atoms with Crippen LogP contribution in [-0.2, 0) is 6.54 Å². The molecule has 1 fully saturated rings. The highest BCUT2D eigenvalue weighted by Gasteiger charge is 2.34. The van der Waals surface area contributed by atoms with Crippen molar-refractivity contribution in [2.24, 2.45) is 0 Å². The van der Waals surface area contributed by atoms with Crippen LogP contribution < -0.4 is 10.3 Å². The average Bonchev–Trinajstić information content (AvgIpc) is 2.54. The van der Waals surface area contributed by atoms with Gasteiger partial charge in [-0.3, -0.25) is 9.59 Å². The third-order valence-corrected chi connectivity index (χ3v) is 4.34. The van der Waals surface area contributed by atoms with Gasteiger partial charge in [0, 0.05) is 30.9 Å². The number of hydrogen-bond donors (Lipinski definition) is 0. The number of carbonyl (C=O) groups is 1. The number of ether oxygens (including phenoxy) is 1. The lowest BCUT2D eigenvalue weighted by molar-refractivity contribution is 0.0459. The third kappa shape index (κ3) is 2.86. The van der Waals surface area contributed by atoms with Gasteiger partial charge in [0.2, 0.25) is 0 Å². The average molecular weight is 312 g/mol. The molecule has 120 valence electrons. The van der Waals surface area contributed by atoms with Crippen molar-refractivity contribution >= 4 is 5.91 Å². The number of nitrogens with zero attached hydrogens (tertiary/aromatic N) is 2. The van der Waals surface area contributed by atoms with E-state index in [1.165, 1.54) is 6.07 Å². The van der Waals surface area contributed by atoms with E-state index in [4.69, 9.17) is 4.74 Å². The first-order chi connectivity index (χ1) is 11.1. The fourth-order valence-electron chi connectivity index (χ4n) is 2.89. The molecule has 0 spiro atoms. The normalized spacial score (nSPS) is 16.8. The summed E-state index contributed by atoms with van der Waals surface area (Å²) in [6.07, 6.45) is 2.60. The molecule has 2 heterocycles. The standard InChI is InChI=1S/C18H20N2O3/c1-3-19-9-7-14(12-17(19)21)18(22)20-10-8-16(20)13-5-4-6-15(11-13)23-2/h4-7,9,11-12,16H,3,8,10H2,1-2H3/t16-/m0/s1. The van der Waals surface area contributed by atoms with Gasteiger partial charge < -0.3 is 14.2 Å². The van der Waals surface area contributed by atoms with Gasteiger partial charge in [0.25, 0.3) is 11.5 Å². The largest absolute Gasteiger partial charge is 0.497 e. The quantitative estimate of drug-likeness (QED) is 0.871. The maximum Gasteiger partial charge on any atom is 0.254 e. The van der Waals surface area contributed by atoms with Crippen molar-refractivity contribution < 1.29 is 9.53 Å². The number of hydrogen-bond acceptors (Lipinski definition) is 3. The summed E-state index contributed by atoms with van der Waals surface area (Å²) in [5.41, 5.74) is 1.37. The maximum atomic E-state index is 12.7. The van der Waals surface area contributed by atoms with E-state index in [1.807, 2.05) is 31.2 Å². The SMILES string of the molecule is CCn1ccc(C(=O)N2CC[C@H]2c2cccc(OC)c2)cc1=O. The van der Waals surface area contributed by atoms with E-state index in [1.54, 1.807) is 28.8 Å². The Morgan fingerprint density at radius 3 is 2.74 bits per heavy atom. The fraction of sp³-hybridized carbons (Fsp3) is 0.333. The van der Waals surface area contributed by atoms with E-state index in [0.29, 0.717) is 18.7 Å². The van der Waals surface area contributed by atoms with E-state index in [0.717, 1.165) is 17.7 Å². The van der Waals surface area contributed by atoms with Crippen LogP contribution in [0.25, 0.3) is 0 Å². The van der Waals surface area contributed by atoms with Crippen LogP contribution in [0.15, 0.2) is 47.4 Å². The molecule has 1 aromatic heterocycles. The van der Waals surface area contributed by atoms with Crippen LogP contribution in [0.1, 0.15) is 35.3 Å². The Bertz CT molecular complexity index is 782. The molecule has 5 nitrogen and oxygen atoms in total. The Balaban J connectivity index is 1.82. The summed E-state index contributed by atoms with van der Waals surface area (Å²) >= 11 is 0. The number of carbonyl (C=O) groups excluding carboxylic acids is 1. The summed E-state index contributed by atoms with van der Waals surface area (Å²) in [4.78, 5) is 26.4. The number of aromatic nitrogens is 1. The van der Waals surface area contributed by atoms with Crippen LogP contribution in [0, 0.1) is 0 Å². The minimum atomic E-state index is -0.142. The first-order valence-electron chi connectivity index (χ1n) is 7.79. The van der Waals surface area contributed by atoms with E-state index in [-0.39, 0.29) is 17.5 Å². The maximum absolute atomic E-state index is 12.7. The second-order valence-electron chi connectivity index (χ2n) is 5.62. The summed E-state index contributed by atoms with van der Waals surface area (Å²) in [5, 5.41) is 0. The van der Waals surface area contributed by atoms with E-state index in [2.05, 4.69) is 0 Å². The van der Waals surface area contributed by atoms with Crippen molar-refractivity contribution in [1.82, 2.24) is 9.47 Å². The molecule has 0 radical (unpaired) electrons. The predicted molar refractivity (Wildman–Crippen MR) is 87.8 cm³/mol. The van der Waals surface area contributed by atoms with Crippen LogP contribution in [0.4, 0.5) is 0 Å². The molecule has 1 saturated heterocycles. The molecule has 5 heteroatoms. The number of methoxy groups -OCH3 is 1. The molecule has 1 amide bonds. The first kappa shape index (κ1) is 15.3. The lowest BCUT2D eigenvalue weighted by Crippen LogP contribution is -2.45. The molecule has 1 aliphatic heterocycles. The van der Waals surface area contributed by atoms with Crippen molar-refractivity contribution in [2.75, 3.05) is 13.7 Å². The number of aryl methyl sites for hydroxylation is 1. The molecule has 0 unspecified atom stereocenters. The molecule has 1 atom stereocenters. The van der Waals surface area contributed by atoms with E-state index < -0.39 is 0 Å². The van der Waals surface area contributed by atoms with Gasteiger partial charge in [-0.25, -0.2) is 0 Å². The van der Waals surface area contributed by atoms with Crippen molar-refractivity contribution in [3.63, 3.8) is 0 Å². The molecule has 0 saturated carbocycles. The minimum absolute atomic E-state index is 0.0474. The van der Waals surface area contributed by atoms with Crippen molar-refractivity contribution in [1.29, 1.82) is 0 Å². The Morgan fingerprint density at radius 1 is 1.30 bits per heavy atom. The highest BCUT2D eigenvalue weighted by atomic mass is 16.5. The van der Waals surface area contributed by atoms with Gasteiger partial charge in [-0.05, 0) is 37.1 Å². The van der Waals surface area contributed by atoms with Crippen LogP contribution in [0.2, 0.25) is 0 Å². The molecule has 2 aromatic rings. The van der Waals surface area contributed by atoms with Gasteiger partial charge >= 0.3 is 0 Å². The number of pyridine rings is 1. The highest BCUT2D eigenvalue weighted by Crippen LogP contribution is 2.35. The fourth-order valence-corrected chi connectivity index (χ4v) is 2.89. The molecule has 3 rings (SSSR count). The highest BCUT2D eigenvalue weighted by molar-refractivity contribution is 5.94. The van der Waals surface area contributed by atoms with E-state index >= 15 is 0 Å². The van der Waals surface area contributed by atoms with Gasteiger partial charge in [0.1, 0.15) is 5.75 Å². The van der Waals surface area contributed by atoms with Gasteiger partial charge in [0.15, 0.2) is 0 Å². The van der Waals surface area contributed by atoms with Gasteiger partial charge in [-0.2, -0.15) is 0 Å². The lowest BCUT2D eigenvalue weighted by Gasteiger charge is -2.41. The summed E-state index contributed by atoms with van der Waals surface area (Å²) < 4.78 is 6.82. The van der Waals surface area contributed by atoms with Gasteiger partial charge in [0.05, 0.1) is 13.2 Å². The van der Waals surface area contributed by atoms with Crippen molar-refractivity contribution in [3.8, 4) is 5.75 Å². The summed E-state index contributed by atoms with van der Waals surface area (Å²) in [6, 6.07) is 11.0. The van der Waals surface area contributed by atoms with Crippen LogP contribution in [-0.4, -0.2) is 29.0 Å². The molecular formula is C18H20N2O3. The van der Waals surface area contributed by atoms with Crippen LogP contribution in [0.3, 0.4) is 0 Å². The predicted octanol–water partition coefficient (Wildman–Crippen LogP) is 2.46. The van der Waals surface area contributed by atoms with Crippen molar-refractivity contribution in [2.45, 2.75) is 25.9 Å². The van der Waals surface area contributed by atoms with Gasteiger partial charge in [-0.15, -0.1) is 0 Å². The van der Waals surface area contributed by atoms with Crippen LogP contribution >= 0.6 is 0 Å². The lowest BCUT2D eigenvalue weighted by atomic mass is 9.93. The summed E-state index contributed by atoms with van der Waals surface area (Å²) in [5.74, 6) is 0.691. The zero-order valence-electron chi connectivity index (χ0n) is 13.4. The van der Waals surface area contributed by atoms with E-state index in [9.17, 15) is 9.59 Å². The second kappa shape index (κ2) is 6.28. The smallest absolute Gasteiger partial charge is 0.254 e. The number of rotatable bonds is 4. The zero-order valence-corrected chi connectivity index (χ0v) is 13.4. The van der Waals surface area contributed by atoms with Crippen LogP contribution in [0.5, 0.6) is 5.75 Å². The topological polar surface area (TPSA) is 51.5 Å². The molecule has 1 aliphatic rings. The zero-order chi connectivity index (χ0) is 16.4. The monoisotopic (exact) mass is 312 g/mol. The number of benzene rings is 1. The second-order valence-corrected chi connectivity index (χ2v) is 5.62. The Labute approximate surface area is 135 Å². The Morgan fingerprint density at radius 2 is 2.13 bits per heavy atom. The summed E-state index contributed by atoms with van der Waals surface area (Å²) in [6.45, 7) is 3.21. The van der Waals surface area contributed by atoms with Crippen molar-refractivity contribution in [3.05, 3.63) is 64.1 Å². The molecule has 0 aliphatic carbocycles. The molecule has 0 N–H and O–H groups in total. The van der Waals surface area contributed by atoms with Gasteiger partial charge in [-0.1, -0.05) is 12.1 Å². The number of amides is 1. The number of likely N-dealkylation sites (tertiary alicyclic amines) is 1. The Hall–Kier alpha value is -2.56. The molecular weight excluding hydrogens is 292 g/mol.